The number of aliphatic hydroxyl groups is 1. The van der Waals surface area contributed by atoms with Crippen molar-refractivity contribution < 1.29 is 9.63 Å². The molecule has 5 heteroatoms. The molecule has 2 fully saturated rings. The zero-order valence-corrected chi connectivity index (χ0v) is 13.5. The molecule has 2 bridgehead atoms. The standard InChI is InChI=1S/C18H23N3O2/c1-2-18(12-22)9-14-5-6-17(18)21(14)11-15-8-16(20-23-15)13-4-3-7-19-10-13/h3-4,7-8,10,14,17,22H,2,5-6,9,11-12H2,1H3/t14-,17+,18-/m1/s1. The molecule has 0 unspecified atom stereocenters. The van der Waals surface area contributed by atoms with Gasteiger partial charge in [-0.2, -0.15) is 0 Å². The molecule has 2 aliphatic rings. The molecule has 0 aliphatic carbocycles. The summed E-state index contributed by atoms with van der Waals surface area (Å²) >= 11 is 0. The van der Waals surface area contributed by atoms with Crippen LogP contribution in [0.4, 0.5) is 0 Å². The number of aromatic nitrogens is 2. The maximum atomic E-state index is 9.91. The van der Waals surface area contributed by atoms with Gasteiger partial charge in [0.15, 0.2) is 5.76 Å². The normalized spacial score (nSPS) is 30.2. The second-order valence-corrected chi connectivity index (χ2v) is 6.92. The van der Waals surface area contributed by atoms with Gasteiger partial charge >= 0.3 is 0 Å². The first kappa shape index (κ1) is 14.8. The number of hydrogen-bond donors (Lipinski definition) is 1. The van der Waals surface area contributed by atoms with Gasteiger partial charge < -0.3 is 9.63 Å². The summed E-state index contributed by atoms with van der Waals surface area (Å²) < 4.78 is 5.56. The van der Waals surface area contributed by atoms with Crippen LogP contribution in [-0.4, -0.2) is 38.8 Å². The van der Waals surface area contributed by atoms with Gasteiger partial charge in [-0.05, 0) is 37.8 Å². The van der Waals surface area contributed by atoms with Crippen molar-refractivity contribution in [1.29, 1.82) is 0 Å². The molecule has 1 N–H and O–H groups in total. The van der Waals surface area contributed by atoms with Gasteiger partial charge in [0.25, 0.3) is 0 Å². The molecular formula is C18H23N3O2. The highest BCUT2D eigenvalue weighted by molar-refractivity contribution is 5.57. The van der Waals surface area contributed by atoms with Gasteiger partial charge in [-0.3, -0.25) is 9.88 Å². The second kappa shape index (κ2) is 5.73. The van der Waals surface area contributed by atoms with E-state index in [1.54, 1.807) is 12.4 Å². The Hall–Kier alpha value is -1.72. The van der Waals surface area contributed by atoms with Gasteiger partial charge in [0.1, 0.15) is 5.69 Å². The van der Waals surface area contributed by atoms with Crippen molar-refractivity contribution in [1.82, 2.24) is 15.0 Å². The van der Waals surface area contributed by atoms with Crippen molar-refractivity contribution in [3.05, 3.63) is 36.4 Å². The van der Waals surface area contributed by atoms with Crippen LogP contribution in [0.2, 0.25) is 0 Å². The maximum Gasteiger partial charge on any atom is 0.151 e. The van der Waals surface area contributed by atoms with Crippen LogP contribution in [0.3, 0.4) is 0 Å². The predicted octanol–water partition coefficient (Wildman–Crippen LogP) is 2.86. The third kappa shape index (κ3) is 2.39. The highest BCUT2D eigenvalue weighted by atomic mass is 16.5. The Bertz CT molecular complexity index is 666. The largest absolute Gasteiger partial charge is 0.396 e. The van der Waals surface area contributed by atoms with E-state index in [1.807, 2.05) is 18.2 Å². The van der Waals surface area contributed by atoms with Crippen molar-refractivity contribution in [2.75, 3.05) is 6.61 Å². The molecular weight excluding hydrogens is 290 g/mol. The van der Waals surface area contributed by atoms with Gasteiger partial charge in [-0.25, -0.2) is 0 Å². The maximum absolute atomic E-state index is 9.91. The molecule has 0 amide bonds. The van der Waals surface area contributed by atoms with Gasteiger partial charge in [0, 0.05) is 41.5 Å². The van der Waals surface area contributed by atoms with Crippen molar-refractivity contribution in [3.63, 3.8) is 0 Å². The number of pyridine rings is 1. The van der Waals surface area contributed by atoms with Crippen LogP contribution in [0.15, 0.2) is 35.1 Å². The predicted molar refractivity (Wildman–Crippen MR) is 86.5 cm³/mol. The van der Waals surface area contributed by atoms with Crippen LogP contribution >= 0.6 is 0 Å². The molecule has 122 valence electrons. The van der Waals surface area contributed by atoms with Crippen LogP contribution in [-0.2, 0) is 6.54 Å². The smallest absolute Gasteiger partial charge is 0.151 e. The third-order valence-corrected chi connectivity index (χ3v) is 5.87. The summed E-state index contributed by atoms with van der Waals surface area (Å²) in [6, 6.07) is 6.94. The molecule has 2 aliphatic heterocycles. The van der Waals surface area contributed by atoms with Crippen molar-refractivity contribution in [2.45, 2.75) is 51.2 Å². The minimum absolute atomic E-state index is 0.0785. The van der Waals surface area contributed by atoms with E-state index in [0.29, 0.717) is 18.7 Å². The van der Waals surface area contributed by atoms with Crippen LogP contribution in [0.1, 0.15) is 38.4 Å². The van der Waals surface area contributed by atoms with E-state index in [2.05, 4.69) is 22.0 Å². The number of aliphatic hydroxyl groups excluding tert-OH is 1. The molecule has 4 rings (SSSR count). The number of fused-ring (bicyclic) bond motifs is 2. The highest BCUT2D eigenvalue weighted by Gasteiger charge is 2.54. The zero-order valence-electron chi connectivity index (χ0n) is 13.5. The second-order valence-electron chi connectivity index (χ2n) is 6.92. The summed E-state index contributed by atoms with van der Waals surface area (Å²) in [5, 5.41) is 14.1. The van der Waals surface area contributed by atoms with E-state index in [-0.39, 0.29) is 5.41 Å². The van der Waals surface area contributed by atoms with E-state index in [1.165, 1.54) is 12.8 Å². The number of hydrogen-bond acceptors (Lipinski definition) is 5. The average Bonchev–Trinajstić information content (AvgIpc) is 3.30. The van der Waals surface area contributed by atoms with E-state index in [9.17, 15) is 5.11 Å². The van der Waals surface area contributed by atoms with E-state index in [4.69, 9.17) is 4.52 Å². The molecule has 3 atom stereocenters. The molecule has 2 saturated heterocycles. The quantitative estimate of drug-likeness (QED) is 0.919. The summed E-state index contributed by atoms with van der Waals surface area (Å²) in [6.45, 7) is 3.27. The molecule has 0 radical (unpaired) electrons. The zero-order chi connectivity index (χ0) is 15.9. The highest BCUT2D eigenvalue weighted by Crippen LogP contribution is 2.51. The Kier molecular flexibility index (Phi) is 3.70. The molecule has 23 heavy (non-hydrogen) atoms. The van der Waals surface area contributed by atoms with E-state index in [0.717, 1.165) is 36.4 Å². The molecule has 2 aromatic rings. The first-order chi connectivity index (χ1) is 11.3. The van der Waals surface area contributed by atoms with E-state index >= 15 is 0 Å². The molecule has 4 heterocycles. The fourth-order valence-corrected chi connectivity index (χ4v) is 4.54. The Morgan fingerprint density at radius 2 is 2.35 bits per heavy atom. The van der Waals surface area contributed by atoms with Gasteiger partial charge in [-0.15, -0.1) is 0 Å². The summed E-state index contributed by atoms with van der Waals surface area (Å²) in [6.07, 6.45) is 8.12. The minimum Gasteiger partial charge on any atom is -0.396 e. The molecule has 0 spiro atoms. The summed E-state index contributed by atoms with van der Waals surface area (Å²) in [5.41, 5.74) is 1.89. The summed E-state index contributed by atoms with van der Waals surface area (Å²) in [5.74, 6) is 0.894. The topological polar surface area (TPSA) is 62.4 Å². The van der Waals surface area contributed by atoms with Crippen LogP contribution in [0.25, 0.3) is 11.3 Å². The Morgan fingerprint density at radius 1 is 1.43 bits per heavy atom. The van der Waals surface area contributed by atoms with Crippen molar-refractivity contribution in [2.24, 2.45) is 5.41 Å². The monoisotopic (exact) mass is 313 g/mol. The lowest BCUT2D eigenvalue weighted by atomic mass is 9.72. The minimum atomic E-state index is 0.0785. The Labute approximate surface area is 136 Å². The number of rotatable bonds is 5. The van der Waals surface area contributed by atoms with Crippen LogP contribution in [0.5, 0.6) is 0 Å². The van der Waals surface area contributed by atoms with Gasteiger partial charge in [0.2, 0.25) is 0 Å². The number of nitrogens with zero attached hydrogens (tertiary/aromatic N) is 3. The molecule has 5 nitrogen and oxygen atoms in total. The first-order valence-electron chi connectivity index (χ1n) is 8.48. The van der Waals surface area contributed by atoms with Crippen LogP contribution in [0, 0.1) is 5.41 Å². The lowest BCUT2D eigenvalue weighted by molar-refractivity contribution is 0.0692. The lowest BCUT2D eigenvalue weighted by Crippen LogP contribution is -2.39. The van der Waals surface area contributed by atoms with Crippen molar-refractivity contribution >= 4 is 0 Å². The van der Waals surface area contributed by atoms with Gasteiger partial charge in [-0.1, -0.05) is 12.1 Å². The molecule has 2 aromatic heterocycles. The summed E-state index contributed by atoms with van der Waals surface area (Å²) in [4.78, 5) is 6.65. The Balaban J connectivity index is 1.53. The van der Waals surface area contributed by atoms with E-state index < -0.39 is 0 Å². The fourth-order valence-electron chi connectivity index (χ4n) is 4.54. The third-order valence-electron chi connectivity index (χ3n) is 5.87. The molecule has 0 aromatic carbocycles. The average molecular weight is 313 g/mol. The SMILES string of the molecule is CC[C@]1(CO)C[C@H]2CC[C@@H]1N2Cc1cc(-c2cccnc2)no1. The fraction of sp³-hybridized carbons (Fsp3) is 0.556. The lowest BCUT2D eigenvalue weighted by Gasteiger charge is -2.35. The van der Waals surface area contributed by atoms with Gasteiger partial charge in [0.05, 0.1) is 13.2 Å². The van der Waals surface area contributed by atoms with Crippen molar-refractivity contribution in [3.8, 4) is 11.3 Å². The van der Waals surface area contributed by atoms with Crippen LogP contribution < -0.4 is 0 Å². The molecule has 0 saturated carbocycles. The first-order valence-corrected chi connectivity index (χ1v) is 8.48. The Morgan fingerprint density at radius 3 is 3.04 bits per heavy atom. The summed E-state index contributed by atoms with van der Waals surface area (Å²) in [7, 11) is 0.